The summed E-state index contributed by atoms with van der Waals surface area (Å²) in [5, 5.41) is 19.4. The molecule has 0 amide bonds. The number of carbonyl (C=O) groups excluding carboxylic acids is 1. The van der Waals surface area contributed by atoms with E-state index in [0.29, 0.717) is 0 Å². The molecule has 0 aliphatic carbocycles. The van der Waals surface area contributed by atoms with Crippen LogP contribution < -0.4 is 4.74 Å². The van der Waals surface area contributed by atoms with E-state index in [9.17, 15) is 28.2 Å². The van der Waals surface area contributed by atoms with Crippen molar-refractivity contribution in [3.63, 3.8) is 0 Å². The molecule has 2 atom stereocenters. The first kappa shape index (κ1) is 16.3. The minimum absolute atomic E-state index is 0.614. The number of benzene rings is 1. The van der Waals surface area contributed by atoms with Crippen molar-refractivity contribution in [1.29, 1.82) is 0 Å². The van der Waals surface area contributed by atoms with Gasteiger partial charge in [0.15, 0.2) is 0 Å². The number of ether oxygens (including phenoxy) is 2. The molecule has 0 saturated carbocycles. The summed E-state index contributed by atoms with van der Waals surface area (Å²) in [6.07, 6.45) is -4.26. The van der Waals surface area contributed by atoms with Gasteiger partial charge in [0.05, 0.1) is 25.2 Å². The number of esters is 1. The highest BCUT2D eigenvalue weighted by Gasteiger charge is 2.28. The number of hydrogen-bond acceptors (Lipinski definition) is 5. The molecular weight excluding hydrogens is 281 g/mol. The van der Waals surface area contributed by atoms with Crippen LogP contribution in [0.15, 0.2) is 18.2 Å². The number of alkyl halides is 2. The lowest BCUT2D eigenvalue weighted by molar-refractivity contribution is -0.144. The van der Waals surface area contributed by atoms with E-state index in [1.54, 1.807) is 0 Å². The van der Waals surface area contributed by atoms with Crippen LogP contribution in [0.4, 0.5) is 13.2 Å². The third-order valence-corrected chi connectivity index (χ3v) is 2.49. The van der Waals surface area contributed by atoms with Gasteiger partial charge in [0, 0.05) is 0 Å². The topological polar surface area (TPSA) is 76.0 Å². The fraction of sp³-hybridized carbons (Fsp3) is 0.417. The van der Waals surface area contributed by atoms with Crippen molar-refractivity contribution >= 4 is 5.97 Å². The predicted octanol–water partition coefficient (Wildman–Crippen LogP) is 1.38. The molecule has 0 aliphatic rings. The maximum absolute atomic E-state index is 13.6. The van der Waals surface area contributed by atoms with Crippen LogP contribution in [-0.4, -0.2) is 36.0 Å². The van der Waals surface area contributed by atoms with Crippen molar-refractivity contribution in [2.24, 2.45) is 0 Å². The number of halogens is 3. The zero-order valence-electron chi connectivity index (χ0n) is 10.4. The fourth-order valence-electron chi connectivity index (χ4n) is 1.56. The Balaban J connectivity index is 3.01. The Morgan fingerprint density at radius 2 is 2.00 bits per heavy atom. The molecule has 20 heavy (non-hydrogen) atoms. The molecule has 0 spiro atoms. The Morgan fingerprint density at radius 3 is 2.55 bits per heavy atom. The molecule has 0 aromatic heterocycles. The predicted molar refractivity (Wildman–Crippen MR) is 60.6 cm³/mol. The first-order chi connectivity index (χ1) is 9.36. The van der Waals surface area contributed by atoms with E-state index < -0.39 is 48.3 Å². The van der Waals surface area contributed by atoms with Gasteiger partial charge in [-0.3, -0.25) is 4.79 Å². The molecule has 0 fully saturated rings. The normalized spacial score (nSPS) is 13.9. The molecule has 1 rings (SSSR count). The van der Waals surface area contributed by atoms with Crippen LogP contribution in [0.3, 0.4) is 0 Å². The maximum Gasteiger partial charge on any atom is 0.387 e. The summed E-state index contributed by atoms with van der Waals surface area (Å²) in [7, 11) is 1.07. The molecule has 0 bridgehead atoms. The van der Waals surface area contributed by atoms with E-state index in [2.05, 4.69) is 9.47 Å². The maximum atomic E-state index is 13.6. The fourth-order valence-corrected chi connectivity index (χ4v) is 1.56. The van der Waals surface area contributed by atoms with Crippen LogP contribution in [0.1, 0.15) is 18.1 Å². The summed E-state index contributed by atoms with van der Waals surface area (Å²) in [6.45, 7) is -3.22. The molecule has 0 saturated heterocycles. The molecule has 0 heterocycles. The molecule has 2 unspecified atom stereocenters. The lowest BCUT2D eigenvalue weighted by atomic mass is 10.0. The zero-order chi connectivity index (χ0) is 15.3. The Morgan fingerprint density at radius 1 is 1.35 bits per heavy atom. The van der Waals surface area contributed by atoms with Gasteiger partial charge in [0.2, 0.25) is 0 Å². The van der Waals surface area contributed by atoms with Crippen LogP contribution in [-0.2, 0) is 9.53 Å². The number of hydrogen-bond donors (Lipinski definition) is 2. The summed E-state index contributed by atoms with van der Waals surface area (Å²) >= 11 is 0. The second-order valence-corrected chi connectivity index (χ2v) is 3.82. The van der Waals surface area contributed by atoms with Crippen molar-refractivity contribution in [1.82, 2.24) is 0 Å². The van der Waals surface area contributed by atoms with E-state index in [-0.39, 0.29) is 0 Å². The van der Waals surface area contributed by atoms with Crippen LogP contribution in [0.25, 0.3) is 0 Å². The molecule has 1 aromatic rings. The number of methoxy groups -OCH3 is 1. The largest absolute Gasteiger partial charge is 0.469 e. The van der Waals surface area contributed by atoms with E-state index in [1.165, 1.54) is 0 Å². The summed E-state index contributed by atoms with van der Waals surface area (Å²) in [6, 6.07) is 3.02. The summed E-state index contributed by atoms with van der Waals surface area (Å²) < 4.78 is 46.4. The minimum Gasteiger partial charge on any atom is -0.469 e. The van der Waals surface area contributed by atoms with Crippen molar-refractivity contribution in [2.75, 3.05) is 7.11 Å². The summed E-state index contributed by atoms with van der Waals surface area (Å²) in [5.41, 5.74) is -0.649. The quantitative estimate of drug-likeness (QED) is 0.775. The molecular formula is C12H13F3O5. The average molecular weight is 294 g/mol. The van der Waals surface area contributed by atoms with Gasteiger partial charge in [-0.2, -0.15) is 8.78 Å². The van der Waals surface area contributed by atoms with Crippen molar-refractivity contribution in [2.45, 2.75) is 25.2 Å². The van der Waals surface area contributed by atoms with Crippen molar-refractivity contribution in [3.8, 4) is 5.75 Å². The third kappa shape index (κ3) is 4.10. The van der Waals surface area contributed by atoms with Crippen LogP contribution in [0.2, 0.25) is 0 Å². The lowest BCUT2D eigenvalue weighted by Gasteiger charge is -2.20. The second-order valence-electron chi connectivity index (χ2n) is 3.82. The monoisotopic (exact) mass is 294 g/mol. The van der Waals surface area contributed by atoms with Gasteiger partial charge < -0.3 is 19.7 Å². The second kappa shape index (κ2) is 7.11. The molecule has 0 aliphatic heterocycles. The van der Waals surface area contributed by atoms with Gasteiger partial charge in [0.25, 0.3) is 0 Å². The minimum atomic E-state index is -3.22. The van der Waals surface area contributed by atoms with Gasteiger partial charge in [-0.05, 0) is 12.1 Å². The average Bonchev–Trinajstić information content (AvgIpc) is 2.37. The van der Waals surface area contributed by atoms with E-state index in [4.69, 9.17) is 0 Å². The smallest absolute Gasteiger partial charge is 0.387 e. The molecule has 112 valence electrons. The highest BCUT2D eigenvalue weighted by Crippen LogP contribution is 2.32. The van der Waals surface area contributed by atoms with Gasteiger partial charge in [0.1, 0.15) is 17.7 Å². The molecule has 1 aromatic carbocycles. The molecule has 0 radical (unpaired) electrons. The standard InChI is InChI=1S/C12H13F3O5/c1-19-9(17)5-7(16)11(18)10-6(13)3-2-4-8(10)20-12(14)15/h2-4,7,11-12,16,18H,5H2,1H3. The van der Waals surface area contributed by atoms with Gasteiger partial charge in [-0.15, -0.1) is 0 Å². The first-order valence-corrected chi connectivity index (χ1v) is 5.53. The lowest BCUT2D eigenvalue weighted by Crippen LogP contribution is -2.24. The van der Waals surface area contributed by atoms with Crippen LogP contribution >= 0.6 is 0 Å². The highest BCUT2D eigenvalue weighted by atomic mass is 19.3. The van der Waals surface area contributed by atoms with Crippen LogP contribution in [0, 0.1) is 5.82 Å². The number of carbonyl (C=O) groups is 1. The van der Waals surface area contributed by atoms with Gasteiger partial charge in [-0.25, -0.2) is 4.39 Å². The Bertz CT molecular complexity index is 466. The van der Waals surface area contributed by atoms with Crippen LogP contribution in [0.5, 0.6) is 5.75 Å². The van der Waals surface area contributed by atoms with Crippen molar-refractivity contribution < 1.29 is 37.7 Å². The van der Waals surface area contributed by atoms with E-state index in [1.807, 2.05) is 0 Å². The first-order valence-electron chi connectivity index (χ1n) is 5.53. The Kier molecular flexibility index (Phi) is 5.78. The van der Waals surface area contributed by atoms with Gasteiger partial charge >= 0.3 is 12.6 Å². The Hall–Kier alpha value is -1.80. The number of rotatable bonds is 6. The Labute approximate surface area is 112 Å². The van der Waals surface area contributed by atoms with E-state index in [0.717, 1.165) is 25.3 Å². The molecule has 5 nitrogen and oxygen atoms in total. The third-order valence-electron chi connectivity index (χ3n) is 2.49. The number of aliphatic hydroxyl groups is 2. The number of aliphatic hydroxyl groups excluding tert-OH is 2. The molecule has 8 heteroatoms. The highest BCUT2D eigenvalue weighted by molar-refractivity contribution is 5.69. The molecule has 2 N–H and O–H groups in total. The summed E-state index contributed by atoms with van der Waals surface area (Å²) in [5.74, 6) is -2.50. The summed E-state index contributed by atoms with van der Waals surface area (Å²) in [4.78, 5) is 11.0. The zero-order valence-corrected chi connectivity index (χ0v) is 10.4. The van der Waals surface area contributed by atoms with Gasteiger partial charge in [-0.1, -0.05) is 6.07 Å². The van der Waals surface area contributed by atoms with Crippen molar-refractivity contribution in [3.05, 3.63) is 29.6 Å². The SMILES string of the molecule is COC(=O)CC(O)C(O)c1c(F)cccc1OC(F)F. The van der Waals surface area contributed by atoms with E-state index >= 15 is 0 Å².